The number of hydrogen-bond acceptors (Lipinski definition) is 5. The number of ether oxygens (including phenoxy) is 1. The van der Waals surface area contributed by atoms with Crippen LogP contribution in [0.25, 0.3) is 0 Å². The van der Waals surface area contributed by atoms with Crippen LogP contribution in [-0.2, 0) is 0 Å². The fourth-order valence-electron chi connectivity index (χ4n) is 2.75. The molecule has 1 saturated heterocycles. The van der Waals surface area contributed by atoms with Crippen molar-refractivity contribution < 1.29 is 9.53 Å². The van der Waals surface area contributed by atoms with Crippen LogP contribution in [0.5, 0.6) is 5.75 Å². The third-order valence-electron chi connectivity index (χ3n) is 4.09. The van der Waals surface area contributed by atoms with E-state index in [0.717, 1.165) is 18.9 Å². The number of methoxy groups -OCH3 is 1. The Balaban J connectivity index is 0.00000169. The molecule has 0 radical (unpaired) electrons. The van der Waals surface area contributed by atoms with Crippen LogP contribution in [0, 0.1) is 0 Å². The average Bonchev–Trinajstić information content (AvgIpc) is 2.64. The quantitative estimate of drug-likeness (QED) is 0.774. The molecule has 0 bridgehead atoms. The number of anilines is 2. The van der Waals surface area contributed by atoms with Crippen molar-refractivity contribution >= 4 is 53.8 Å². The number of rotatable bonds is 3. The topological polar surface area (TPSA) is 71.7 Å². The molecule has 0 unspecified atom stereocenters. The second-order valence-electron chi connectivity index (χ2n) is 5.54. The van der Waals surface area contributed by atoms with Crippen LogP contribution in [0.3, 0.4) is 0 Å². The molecule has 0 saturated carbocycles. The van der Waals surface area contributed by atoms with Crippen LogP contribution >= 0.6 is 36.4 Å². The zero-order valence-corrected chi connectivity index (χ0v) is 16.6. The monoisotopic (exact) mass is 418 g/mol. The molecule has 3 rings (SSSR count). The molecule has 26 heavy (non-hydrogen) atoms. The molecule has 1 fully saturated rings. The second kappa shape index (κ2) is 9.71. The van der Waals surface area contributed by atoms with Gasteiger partial charge in [0, 0.05) is 38.4 Å². The minimum absolute atomic E-state index is 0. The van der Waals surface area contributed by atoms with Crippen LogP contribution < -0.4 is 15.4 Å². The summed E-state index contributed by atoms with van der Waals surface area (Å²) in [6.07, 6.45) is 1.77. The molecular formula is C17H21Cl3N4O2. The zero-order chi connectivity index (χ0) is 17.1. The van der Waals surface area contributed by atoms with Gasteiger partial charge in [0.25, 0.3) is 5.91 Å². The lowest BCUT2D eigenvalue weighted by molar-refractivity contribution is 0.0743. The minimum atomic E-state index is -0.102. The SMILES string of the molecule is COc1cc(N)c(Cl)cc1C(=O)N1CCN(c2ccccn2)CC1.Cl.Cl. The van der Waals surface area contributed by atoms with Crippen molar-refractivity contribution in [2.75, 3.05) is 43.9 Å². The Kier molecular flexibility index (Phi) is 8.27. The van der Waals surface area contributed by atoms with Gasteiger partial charge in [-0.25, -0.2) is 4.98 Å². The maximum absolute atomic E-state index is 12.8. The van der Waals surface area contributed by atoms with E-state index in [9.17, 15) is 4.79 Å². The van der Waals surface area contributed by atoms with E-state index in [2.05, 4.69) is 9.88 Å². The number of carbonyl (C=O) groups excluding carboxylic acids is 1. The molecule has 2 aromatic rings. The number of amides is 1. The lowest BCUT2D eigenvalue weighted by Crippen LogP contribution is -2.49. The molecule has 1 amide bonds. The van der Waals surface area contributed by atoms with Crippen LogP contribution in [0.2, 0.25) is 5.02 Å². The van der Waals surface area contributed by atoms with Gasteiger partial charge < -0.3 is 20.3 Å². The van der Waals surface area contributed by atoms with E-state index in [0.29, 0.717) is 35.1 Å². The van der Waals surface area contributed by atoms with E-state index in [1.807, 2.05) is 18.2 Å². The molecule has 142 valence electrons. The van der Waals surface area contributed by atoms with Crippen molar-refractivity contribution in [2.24, 2.45) is 0 Å². The van der Waals surface area contributed by atoms with Crippen LogP contribution in [0.15, 0.2) is 36.5 Å². The smallest absolute Gasteiger partial charge is 0.257 e. The lowest BCUT2D eigenvalue weighted by atomic mass is 10.1. The first-order valence-corrected chi connectivity index (χ1v) is 8.06. The largest absolute Gasteiger partial charge is 0.496 e. The number of aromatic nitrogens is 1. The van der Waals surface area contributed by atoms with Crippen molar-refractivity contribution in [3.8, 4) is 5.75 Å². The summed E-state index contributed by atoms with van der Waals surface area (Å²) in [5.74, 6) is 1.26. The predicted octanol–water partition coefficient (Wildman–Crippen LogP) is 3.13. The molecule has 1 aliphatic rings. The number of carbonyl (C=O) groups is 1. The van der Waals surface area contributed by atoms with E-state index < -0.39 is 0 Å². The highest BCUT2D eigenvalue weighted by atomic mass is 35.5. The maximum Gasteiger partial charge on any atom is 0.257 e. The summed E-state index contributed by atoms with van der Waals surface area (Å²) >= 11 is 6.06. The second-order valence-corrected chi connectivity index (χ2v) is 5.95. The number of nitrogens with zero attached hydrogens (tertiary/aromatic N) is 3. The number of pyridine rings is 1. The number of halogens is 3. The van der Waals surface area contributed by atoms with E-state index in [1.165, 1.54) is 7.11 Å². The van der Waals surface area contributed by atoms with Gasteiger partial charge in [0.1, 0.15) is 11.6 Å². The predicted molar refractivity (Wildman–Crippen MR) is 109 cm³/mol. The Hall–Kier alpha value is -1.89. The summed E-state index contributed by atoms with van der Waals surface area (Å²) < 4.78 is 5.28. The minimum Gasteiger partial charge on any atom is -0.496 e. The van der Waals surface area contributed by atoms with E-state index in [1.54, 1.807) is 23.2 Å². The molecule has 1 aromatic heterocycles. The first-order valence-electron chi connectivity index (χ1n) is 7.68. The summed E-state index contributed by atoms with van der Waals surface area (Å²) in [6, 6.07) is 8.98. The van der Waals surface area contributed by atoms with E-state index in [4.69, 9.17) is 22.1 Å². The van der Waals surface area contributed by atoms with E-state index in [-0.39, 0.29) is 30.7 Å². The van der Waals surface area contributed by atoms with Crippen molar-refractivity contribution in [3.05, 3.63) is 47.1 Å². The molecule has 6 nitrogen and oxygen atoms in total. The molecule has 1 aromatic carbocycles. The Bertz CT molecular complexity index is 738. The number of nitrogens with two attached hydrogens (primary N) is 1. The standard InChI is InChI=1S/C17H19ClN4O2.2ClH/c1-24-15-11-14(19)13(18)10-12(15)17(23)22-8-6-21(7-9-22)16-4-2-3-5-20-16;;/h2-5,10-11H,6-9,19H2,1H3;2*1H. The van der Waals surface area contributed by atoms with Crippen molar-refractivity contribution in [3.63, 3.8) is 0 Å². The highest BCUT2D eigenvalue weighted by molar-refractivity contribution is 6.33. The number of benzene rings is 1. The van der Waals surface area contributed by atoms with Gasteiger partial charge in [0.15, 0.2) is 0 Å². The van der Waals surface area contributed by atoms with Crippen molar-refractivity contribution in [1.29, 1.82) is 0 Å². The Morgan fingerprint density at radius 1 is 1.19 bits per heavy atom. The Morgan fingerprint density at radius 3 is 2.46 bits per heavy atom. The van der Waals surface area contributed by atoms with Crippen LogP contribution in [0.4, 0.5) is 11.5 Å². The summed E-state index contributed by atoms with van der Waals surface area (Å²) in [5.41, 5.74) is 6.60. The number of piperazine rings is 1. The summed E-state index contributed by atoms with van der Waals surface area (Å²) in [4.78, 5) is 21.1. The Morgan fingerprint density at radius 2 is 1.88 bits per heavy atom. The van der Waals surface area contributed by atoms with Gasteiger partial charge >= 0.3 is 0 Å². The number of nitrogen functional groups attached to an aromatic ring is 1. The van der Waals surface area contributed by atoms with Gasteiger partial charge in [0.05, 0.1) is 23.4 Å². The third kappa shape index (κ3) is 4.63. The summed E-state index contributed by atoms with van der Waals surface area (Å²) in [5, 5.41) is 0.353. The summed E-state index contributed by atoms with van der Waals surface area (Å²) in [6.45, 7) is 2.68. The fourth-order valence-corrected chi connectivity index (χ4v) is 2.92. The molecular weight excluding hydrogens is 399 g/mol. The molecule has 2 N–H and O–H groups in total. The van der Waals surface area contributed by atoms with Gasteiger partial charge in [-0.05, 0) is 18.2 Å². The number of hydrogen-bond donors (Lipinski definition) is 1. The third-order valence-corrected chi connectivity index (χ3v) is 4.42. The lowest BCUT2D eigenvalue weighted by Gasteiger charge is -2.35. The van der Waals surface area contributed by atoms with Crippen LogP contribution in [0.1, 0.15) is 10.4 Å². The molecule has 0 aliphatic carbocycles. The molecule has 1 aliphatic heterocycles. The molecule has 0 spiro atoms. The normalized spacial score (nSPS) is 13.5. The van der Waals surface area contributed by atoms with Gasteiger partial charge in [-0.3, -0.25) is 4.79 Å². The highest BCUT2D eigenvalue weighted by Gasteiger charge is 2.25. The van der Waals surface area contributed by atoms with Gasteiger partial charge in [-0.1, -0.05) is 17.7 Å². The van der Waals surface area contributed by atoms with Gasteiger partial charge in [-0.15, -0.1) is 24.8 Å². The summed E-state index contributed by atoms with van der Waals surface area (Å²) in [7, 11) is 1.51. The molecule has 9 heteroatoms. The first kappa shape index (κ1) is 22.2. The fraction of sp³-hybridized carbons (Fsp3) is 0.294. The maximum atomic E-state index is 12.8. The molecule has 2 heterocycles. The van der Waals surface area contributed by atoms with Crippen molar-refractivity contribution in [1.82, 2.24) is 9.88 Å². The van der Waals surface area contributed by atoms with Gasteiger partial charge in [-0.2, -0.15) is 0 Å². The Labute approximate surface area is 170 Å². The van der Waals surface area contributed by atoms with Crippen LogP contribution in [-0.4, -0.2) is 49.1 Å². The highest BCUT2D eigenvalue weighted by Crippen LogP contribution is 2.30. The zero-order valence-electron chi connectivity index (χ0n) is 14.2. The van der Waals surface area contributed by atoms with E-state index >= 15 is 0 Å². The van der Waals surface area contributed by atoms with Gasteiger partial charge in [0.2, 0.25) is 0 Å². The average molecular weight is 420 g/mol. The molecule has 0 atom stereocenters. The first-order chi connectivity index (χ1) is 11.6. The van der Waals surface area contributed by atoms with Crippen molar-refractivity contribution in [2.45, 2.75) is 0 Å².